The molecule has 2 aromatic heterocycles. The van der Waals surface area contributed by atoms with Crippen molar-refractivity contribution >= 4 is 17.5 Å². The summed E-state index contributed by atoms with van der Waals surface area (Å²) in [6.45, 7) is 1.94. The summed E-state index contributed by atoms with van der Waals surface area (Å²) in [5.74, 6) is -0.0747. The molecule has 8 nitrogen and oxygen atoms in total. The molecular weight excluding hydrogens is 336 g/mol. The molecule has 0 aliphatic rings. The Balaban J connectivity index is 1.69. The third kappa shape index (κ3) is 3.44. The van der Waals surface area contributed by atoms with Crippen molar-refractivity contribution < 1.29 is 19.1 Å². The van der Waals surface area contributed by atoms with Crippen LogP contribution in [0.1, 0.15) is 26.4 Å². The molecule has 26 heavy (non-hydrogen) atoms. The fourth-order valence-electron chi connectivity index (χ4n) is 2.42. The van der Waals surface area contributed by atoms with E-state index in [1.165, 1.54) is 20.3 Å². The van der Waals surface area contributed by atoms with Gasteiger partial charge >= 0.3 is 0 Å². The summed E-state index contributed by atoms with van der Waals surface area (Å²) < 4.78 is 12.0. The number of ether oxygens (including phenoxy) is 2. The highest BCUT2D eigenvalue weighted by Crippen LogP contribution is 2.27. The average Bonchev–Trinajstić information content (AvgIpc) is 3.08. The number of amides is 2. The normalized spacial score (nSPS) is 10.4. The minimum Gasteiger partial charge on any atom is -0.493 e. The summed E-state index contributed by atoms with van der Waals surface area (Å²) in [5.41, 5.74) is 6.91. The van der Waals surface area contributed by atoms with Crippen molar-refractivity contribution in [1.82, 2.24) is 20.2 Å². The number of nitrogens with zero attached hydrogens (tertiary/aromatic N) is 2. The number of nitrogens with one attached hydrogen (secondary N) is 2. The van der Waals surface area contributed by atoms with Crippen LogP contribution < -0.4 is 20.3 Å². The summed E-state index contributed by atoms with van der Waals surface area (Å²) in [5, 5.41) is 0. The zero-order valence-corrected chi connectivity index (χ0v) is 14.6. The van der Waals surface area contributed by atoms with Crippen molar-refractivity contribution in [2.45, 2.75) is 6.92 Å². The maximum absolute atomic E-state index is 12.2. The van der Waals surface area contributed by atoms with E-state index in [4.69, 9.17) is 9.47 Å². The lowest BCUT2D eigenvalue weighted by Gasteiger charge is -2.10. The Labute approximate surface area is 149 Å². The molecule has 2 heterocycles. The molecule has 0 aliphatic heterocycles. The van der Waals surface area contributed by atoms with Crippen LogP contribution >= 0.6 is 0 Å². The van der Waals surface area contributed by atoms with E-state index in [0.717, 1.165) is 5.56 Å². The van der Waals surface area contributed by atoms with E-state index in [0.29, 0.717) is 22.7 Å². The van der Waals surface area contributed by atoms with Gasteiger partial charge in [-0.3, -0.25) is 20.4 Å². The molecule has 0 saturated carbocycles. The molecule has 2 amide bonds. The Morgan fingerprint density at radius 3 is 2.46 bits per heavy atom. The average molecular weight is 354 g/mol. The summed E-state index contributed by atoms with van der Waals surface area (Å²) >= 11 is 0. The van der Waals surface area contributed by atoms with Gasteiger partial charge in [0.15, 0.2) is 11.5 Å². The molecule has 2 N–H and O–H groups in total. The summed E-state index contributed by atoms with van der Waals surface area (Å²) in [6, 6.07) is 8.47. The van der Waals surface area contributed by atoms with Gasteiger partial charge in [-0.25, -0.2) is 4.98 Å². The predicted octanol–water partition coefficient (Wildman–Crippen LogP) is 1.73. The number of methoxy groups -OCH3 is 2. The topological polar surface area (TPSA) is 94.0 Å². The highest BCUT2D eigenvalue weighted by Gasteiger charge is 2.14. The van der Waals surface area contributed by atoms with Crippen LogP contribution in [0.2, 0.25) is 0 Å². The zero-order chi connectivity index (χ0) is 18.7. The van der Waals surface area contributed by atoms with Crippen molar-refractivity contribution in [3.8, 4) is 11.5 Å². The van der Waals surface area contributed by atoms with Gasteiger partial charge < -0.3 is 13.9 Å². The molecule has 0 bridgehead atoms. The van der Waals surface area contributed by atoms with Gasteiger partial charge in [0.05, 0.1) is 14.2 Å². The molecule has 1 aromatic carbocycles. The zero-order valence-electron chi connectivity index (χ0n) is 14.6. The molecule has 3 rings (SSSR count). The summed E-state index contributed by atoms with van der Waals surface area (Å²) in [7, 11) is 2.99. The highest BCUT2D eigenvalue weighted by molar-refractivity contribution is 5.98. The number of imidazole rings is 1. The van der Waals surface area contributed by atoms with Gasteiger partial charge in [0.1, 0.15) is 11.3 Å². The van der Waals surface area contributed by atoms with Crippen LogP contribution in [0.25, 0.3) is 5.65 Å². The van der Waals surface area contributed by atoms with Gasteiger partial charge in [-0.1, -0.05) is 0 Å². The first-order valence-corrected chi connectivity index (χ1v) is 7.80. The standard InChI is InChI=1S/C18H18N4O4/c1-11-6-7-22-10-13(19-16(22)8-11)18(24)21-20-17(23)12-4-5-14(25-2)15(9-12)26-3/h4-10H,1-3H3,(H,20,23)(H,21,24). The molecule has 0 aliphatic carbocycles. The predicted molar refractivity (Wildman–Crippen MR) is 94.4 cm³/mol. The van der Waals surface area contributed by atoms with Crippen LogP contribution in [-0.2, 0) is 0 Å². The number of aromatic nitrogens is 2. The van der Waals surface area contributed by atoms with E-state index >= 15 is 0 Å². The van der Waals surface area contributed by atoms with Gasteiger partial charge in [0.2, 0.25) is 0 Å². The first kappa shape index (κ1) is 17.3. The molecule has 8 heteroatoms. The van der Waals surface area contributed by atoms with Crippen molar-refractivity contribution in [1.29, 1.82) is 0 Å². The van der Waals surface area contributed by atoms with Crippen molar-refractivity contribution in [3.05, 3.63) is 59.5 Å². The first-order chi connectivity index (χ1) is 12.5. The lowest BCUT2D eigenvalue weighted by atomic mass is 10.2. The van der Waals surface area contributed by atoms with Crippen LogP contribution in [0.4, 0.5) is 0 Å². The maximum atomic E-state index is 12.2. The second-order valence-corrected chi connectivity index (χ2v) is 5.57. The number of benzene rings is 1. The van der Waals surface area contributed by atoms with Crippen LogP contribution in [0.3, 0.4) is 0 Å². The number of fused-ring (bicyclic) bond motifs is 1. The van der Waals surface area contributed by atoms with E-state index < -0.39 is 11.8 Å². The van der Waals surface area contributed by atoms with Crippen molar-refractivity contribution in [2.24, 2.45) is 0 Å². The quantitative estimate of drug-likeness (QED) is 0.696. The van der Waals surface area contributed by atoms with Crippen LogP contribution in [0.15, 0.2) is 42.7 Å². The fraction of sp³-hybridized carbons (Fsp3) is 0.167. The lowest BCUT2D eigenvalue weighted by Crippen LogP contribution is -2.41. The largest absolute Gasteiger partial charge is 0.493 e. The number of rotatable bonds is 4. The van der Waals surface area contributed by atoms with E-state index in [2.05, 4.69) is 15.8 Å². The number of hydrogen-bond donors (Lipinski definition) is 2. The van der Waals surface area contributed by atoms with E-state index in [1.807, 2.05) is 25.3 Å². The van der Waals surface area contributed by atoms with E-state index in [1.54, 1.807) is 22.7 Å². The molecule has 134 valence electrons. The first-order valence-electron chi connectivity index (χ1n) is 7.80. The van der Waals surface area contributed by atoms with Crippen LogP contribution in [0, 0.1) is 6.92 Å². The number of hydrazine groups is 1. The number of pyridine rings is 1. The third-order valence-corrected chi connectivity index (χ3v) is 3.78. The number of hydrogen-bond acceptors (Lipinski definition) is 5. The van der Waals surface area contributed by atoms with Crippen molar-refractivity contribution in [3.63, 3.8) is 0 Å². The second kappa shape index (κ2) is 7.14. The van der Waals surface area contributed by atoms with E-state index in [9.17, 15) is 9.59 Å². The third-order valence-electron chi connectivity index (χ3n) is 3.78. The molecule has 0 saturated heterocycles. The number of carbonyl (C=O) groups is 2. The van der Waals surface area contributed by atoms with Crippen LogP contribution in [0.5, 0.6) is 11.5 Å². The fourth-order valence-corrected chi connectivity index (χ4v) is 2.42. The molecule has 0 unspecified atom stereocenters. The molecule has 0 fully saturated rings. The van der Waals surface area contributed by atoms with Gasteiger partial charge in [-0.2, -0.15) is 0 Å². The molecule has 3 aromatic rings. The van der Waals surface area contributed by atoms with Crippen molar-refractivity contribution in [2.75, 3.05) is 14.2 Å². The Morgan fingerprint density at radius 2 is 1.73 bits per heavy atom. The molecular formula is C18H18N4O4. The van der Waals surface area contributed by atoms with Gasteiger partial charge in [0, 0.05) is 18.0 Å². The number of carbonyl (C=O) groups excluding carboxylic acids is 2. The summed E-state index contributed by atoms with van der Waals surface area (Å²) in [4.78, 5) is 28.7. The SMILES string of the molecule is COc1ccc(C(=O)NNC(=O)c2cn3ccc(C)cc3n2)cc1OC. The molecule has 0 radical (unpaired) electrons. The number of aryl methyl sites for hydroxylation is 1. The van der Waals surface area contributed by atoms with Gasteiger partial charge in [-0.15, -0.1) is 0 Å². The minimum atomic E-state index is -0.514. The Morgan fingerprint density at radius 1 is 1.00 bits per heavy atom. The Kier molecular flexibility index (Phi) is 4.74. The lowest BCUT2D eigenvalue weighted by molar-refractivity contribution is 0.0844. The monoisotopic (exact) mass is 354 g/mol. The van der Waals surface area contributed by atoms with Gasteiger partial charge in [-0.05, 0) is 42.8 Å². The maximum Gasteiger partial charge on any atom is 0.289 e. The Bertz CT molecular complexity index is 980. The summed E-state index contributed by atoms with van der Waals surface area (Å²) in [6.07, 6.45) is 3.41. The molecule has 0 spiro atoms. The minimum absolute atomic E-state index is 0.197. The molecule has 0 atom stereocenters. The van der Waals surface area contributed by atoms with Gasteiger partial charge in [0.25, 0.3) is 11.8 Å². The van der Waals surface area contributed by atoms with E-state index in [-0.39, 0.29) is 5.69 Å². The van der Waals surface area contributed by atoms with Crippen LogP contribution in [-0.4, -0.2) is 35.4 Å². The second-order valence-electron chi connectivity index (χ2n) is 5.57. The smallest absolute Gasteiger partial charge is 0.289 e. The Hall–Kier alpha value is -3.55. The highest BCUT2D eigenvalue weighted by atomic mass is 16.5.